The molecule has 2 N–H and O–H groups in total. The Morgan fingerprint density at radius 1 is 1.06 bits per heavy atom. The van der Waals surface area contributed by atoms with Crippen LogP contribution in [-0.4, -0.2) is 11.9 Å². The number of carbonyl (C=O) groups excluding carboxylic acids is 2. The molecule has 3 amide bonds. The van der Waals surface area contributed by atoms with Gasteiger partial charge in [0.1, 0.15) is 5.76 Å². The number of aryl methyl sites for hydroxylation is 1. The number of benzene rings is 1. The second-order valence-corrected chi connectivity index (χ2v) is 3.68. The molecule has 0 saturated carbocycles. The van der Waals surface area contributed by atoms with Gasteiger partial charge in [-0.25, -0.2) is 4.79 Å². The highest BCUT2D eigenvalue weighted by atomic mass is 16.3. The van der Waals surface area contributed by atoms with E-state index in [4.69, 9.17) is 4.42 Å². The van der Waals surface area contributed by atoms with Gasteiger partial charge in [0.2, 0.25) is 0 Å². The third-order valence-electron chi connectivity index (χ3n) is 2.22. The SMILES string of the molecule is Cc1ccc(C(=O)NC(=O)Nc2ccccc2)o1. The number of rotatable bonds is 2. The van der Waals surface area contributed by atoms with Gasteiger partial charge in [-0.1, -0.05) is 18.2 Å². The van der Waals surface area contributed by atoms with E-state index in [1.54, 1.807) is 37.3 Å². The Morgan fingerprint density at radius 3 is 2.39 bits per heavy atom. The molecule has 0 unspecified atom stereocenters. The zero-order valence-corrected chi connectivity index (χ0v) is 9.77. The van der Waals surface area contributed by atoms with E-state index in [-0.39, 0.29) is 5.76 Å². The zero-order chi connectivity index (χ0) is 13.0. The van der Waals surface area contributed by atoms with Crippen LogP contribution in [0.25, 0.3) is 0 Å². The predicted molar refractivity (Wildman–Crippen MR) is 66.4 cm³/mol. The quantitative estimate of drug-likeness (QED) is 0.852. The molecule has 0 aliphatic carbocycles. The summed E-state index contributed by atoms with van der Waals surface area (Å²) in [6, 6.07) is 11.4. The summed E-state index contributed by atoms with van der Waals surface area (Å²) >= 11 is 0. The summed E-state index contributed by atoms with van der Waals surface area (Å²) in [6.07, 6.45) is 0. The van der Waals surface area contributed by atoms with Crippen molar-refractivity contribution in [2.24, 2.45) is 0 Å². The average Bonchev–Trinajstić information content (AvgIpc) is 2.77. The minimum atomic E-state index is -0.597. The molecule has 2 rings (SSSR count). The van der Waals surface area contributed by atoms with Crippen molar-refractivity contribution in [3.05, 3.63) is 54.0 Å². The van der Waals surface area contributed by atoms with Crippen molar-refractivity contribution in [2.45, 2.75) is 6.92 Å². The number of urea groups is 1. The lowest BCUT2D eigenvalue weighted by Gasteiger charge is -2.04. The van der Waals surface area contributed by atoms with Gasteiger partial charge >= 0.3 is 6.03 Å². The maximum absolute atomic E-state index is 11.6. The van der Waals surface area contributed by atoms with Crippen LogP contribution < -0.4 is 10.6 Å². The van der Waals surface area contributed by atoms with Crippen LogP contribution >= 0.6 is 0 Å². The summed E-state index contributed by atoms with van der Waals surface area (Å²) in [7, 11) is 0. The lowest BCUT2D eigenvalue weighted by atomic mass is 10.3. The van der Waals surface area contributed by atoms with Gasteiger partial charge in [-0.15, -0.1) is 0 Å². The van der Waals surface area contributed by atoms with Crippen molar-refractivity contribution in [1.29, 1.82) is 0 Å². The van der Waals surface area contributed by atoms with E-state index < -0.39 is 11.9 Å². The summed E-state index contributed by atoms with van der Waals surface area (Å²) in [5, 5.41) is 4.71. The Kier molecular flexibility index (Phi) is 3.43. The smallest absolute Gasteiger partial charge is 0.326 e. The zero-order valence-electron chi connectivity index (χ0n) is 9.77. The molecular weight excluding hydrogens is 232 g/mol. The number of para-hydroxylation sites is 1. The largest absolute Gasteiger partial charge is 0.456 e. The molecule has 0 bridgehead atoms. The summed E-state index contributed by atoms with van der Waals surface area (Å²) in [5.41, 5.74) is 0.610. The lowest BCUT2D eigenvalue weighted by Crippen LogP contribution is -2.34. The molecule has 1 aromatic heterocycles. The molecule has 92 valence electrons. The van der Waals surface area contributed by atoms with Crippen molar-refractivity contribution in [1.82, 2.24) is 5.32 Å². The highest BCUT2D eigenvalue weighted by molar-refractivity contribution is 6.06. The first-order chi connectivity index (χ1) is 8.65. The van der Waals surface area contributed by atoms with Gasteiger partial charge in [-0.2, -0.15) is 0 Å². The molecule has 0 aliphatic rings. The number of anilines is 1. The van der Waals surface area contributed by atoms with Gasteiger partial charge in [-0.05, 0) is 31.2 Å². The van der Waals surface area contributed by atoms with E-state index in [9.17, 15) is 9.59 Å². The molecule has 0 spiro atoms. The highest BCUT2D eigenvalue weighted by Crippen LogP contribution is 2.07. The van der Waals surface area contributed by atoms with Gasteiger partial charge in [0.05, 0.1) is 0 Å². The fraction of sp³-hybridized carbons (Fsp3) is 0.0769. The van der Waals surface area contributed by atoms with Crippen molar-refractivity contribution < 1.29 is 14.0 Å². The fourth-order valence-electron chi connectivity index (χ4n) is 1.41. The molecular formula is C13H12N2O3. The molecule has 0 saturated heterocycles. The Labute approximate surface area is 104 Å². The van der Waals surface area contributed by atoms with Gasteiger partial charge in [0.15, 0.2) is 5.76 Å². The van der Waals surface area contributed by atoms with E-state index in [1.807, 2.05) is 6.07 Å². The van der Waals surface area contributed by atoms with Crippen molar-refractivity contribution >= 4 is 17.6 Å². The van der Waals surface area contributed by atoms with E-state index >= 15 is 0 Å². The lowest BCUT2D eigenvalue weighted by molar-refractivity contribution is 0.0938. The van der Waals surface area contributed by atoms with Crippen molar-refractivity contribution in [3.8, 4) is 0 Å². The summed E-state index contributed by atoms with van der Waals surface area (Å²) in [6.45, 7) is 1.72. The second kappa shape index (κ2) is 5.18. The Hall–Kier alpha value is -2.56. The first kappa shape index (κ1) is 11.9. The maximum Gasteiger partial charge on any atom is 0.326 e. The van der Waals surface area contributed by atoms with Crippen LogP contribution in [0.3, 0.4) is 0 Å². The van der Waals surface area contributed by atoms with Gasteiger partial charge in [0.25, 0.3) is 5.91 Å². The monoisotopic (exact) mass is 244 g/mol. The molecule has 18 heavy (non-hydrogen) atoms. The molecule has 1 heterocycles. The molecule has 5 nitrogen and oxygen atoms in total. The number of nitrogens with one attached hydrogen (secondary N) is 2. The number of amides is 3. The molecule has 0 atom stereocenters. The number of hydrogen-bond donors (Lipinski definition) is 2. The Morgan fingerprint density at radius 2 is 1.78 bits per heavy atom. The average molecular weight is 244 g/mol. The first-order valence-corrected chi connectivity index (χ1v) is 5.39. The Balaban J connectivity index is 1.94. The van der Waals surface area contributed by atoms with E-state index in [0.29, 0.717) is 11.4 Å². The summed E-state index contributed by atoms with van der Waals surface area (Å²) in [5.74, 6) is 0.149. The third-order valence-corrected chi connectivity index (χ3v) is 2.22. The van der Waals surface area contributed by atoms with Crippen LogP contribution in [0, 0.1) is 6.92 Å². The van der Waals surface area contributed by atoms with E-state index in [0.717, 1.165) is 0 Å². The number of imide groups is 1. The number of hydrogen-bond acceptors (Lipinski definition) is 3. The highest BCUT2D eigenvalue weighted by Gasteiger charge is 2.13. The van der Waals surface area contributed by atoms with Crippen LogP contribution in [0.4, 0.5) is 10.5 Å². The fourth-order valence-corrected chi connectivity index (χ4v) is 1.41. The molecule has 0 fully saturated rings. The van der Waals surface area contributed by atoms with Crippen molar-refractivity contribution in [3.63, 3.8) is 0 Å². The molecule has 5 heteroatoms. The minimum Gasteiger partial charge on any atom is -0.456 e. The third kappa shape index (κ3) is 2.98. The molecule has 0 radical (unpaired) electrons. The van der Waals surface area contributed by atoms with Crippen LogP contribution in [0.5, 0.6) is 0 Å². The minimum absolute atomic E-state index is 0.107. The molecule has 2 aromatic rings. The van der Waals surface area contributed by atoms with Crippen LogP contribution in [-0.2, 0) is 0 Å². The number of carbonyl (C=O) groups is 2. The predicted octanol–water partition coefficient (Wildman–Crippen LogP) is 2.55. The normalized spacial score (nSPS) is 9.83. The van der Waals surface area contributed by atoms with Gasteiger partial charge in [0, 0.05) is 5.69 Å². The summed E-state index contributed by atoms with van der Waals surface area (Å²) in [4.78, 5) is 23.1. The van der Waals surface area contributed by atoms with Gasteiger partial charge in [-0.3, -0.25) is 10.1 Å². The van der Waals surface area contributed by atoms with Crippen LogP contribution in [0.1, 0.15) is 16.3 Å². The standard InChI is InChI=1S/C13H12N2O3/c1-9-7-8-11(18-9)12(16)15-13(17)14-10-5-3-2-4-6-10/h2-8H,1H3,(H2,14,15,16,17). The number of furan rings is 1. The maximum atomic E-state index is 11.6. The second-order valence-electron chi connectivity index (χ2n) is 3.68. The topological polar surface area (TPSA) is 71.3 Å². The van der Waals surface area contributed by atoms with Crippen molar-refractivity contribution in [2.75, 3.05) is 5.32 Å². The van der Waals surface area contributed by atoms with Gasteiger partial charge < -0.3 is 9.73 Å². The van der Waals surface area contributed by atoms with E-state index in [2.05, 4.69) is 10.6 Å². The van der Waals surface area contributed by atoms with Crippen LogP contribution in [0.15, 0.2) is 46.9 Å². The Bertz CT molecular complexity index is 561. The summed E-state index contributed by atoms with van der Waals surface area (Å²) < 4.78 is 5.10. The molecule has 0 aliphatic heterocycles. The van der Waals surface area contributed by atoms with Crippen LogP contribution in [0.2, 0.25) is 0 Å². The molecule has 1 aromatic carbocycles. The first-order valence-electron chi connectivity index (χ1n) is 5.39. The van der Waals surface area contributed by atoms with E-state index in [1.165, 1.54) is 6.07 Å².